The summed E-state index contributed by atoms with van der Waals surface area (Å²) in [6.45, 7) is 6.35. The van der Waals surface area contributed by atoms with Crippen LogP contribution in [0.2, 0.25) is 0 Å². The van der Waals surface area contributed by atoms with Gasteiger partial charge in [-0.2, -0.15) is 0 Å². The number of rotatable bonds is 3. The Hall–Kier alpha value is -1.34. The molecule has 0 saturated carbocycles. The van der Waals surface area contributed by atoms with E-state index in [1.54, 1.807) is 0 Å². The first-order valence-electron chi connectivity index (χ1n) is 6.93. The van der Waals surface area contributed by atoms with E-state index in [1.807, 2.05) is 0 Å². The van der Waals surface area contributed by atoms with Crippen LogP contribution in [0.4, 0.5) is 0 Å². The molecule has 1 atom stereocenters. The third-order valence-corrected chi connectivity index (χ3v) is 3.50. The van der Waals surface area contributed by atoms with Crippen LogP contribution < -0.4 is 5.73 Å². The third kappa shape index (κ3) is 4.07. The van der Waals surface area contributed by atoms with Crippen molar-refractivity contribution in [3.05, 3.63) is 35.4 Å². The first-order valence-corrected chi connectivity index (χ1v) is 6.93. The first kappa shape index (κ1) is 14.1. The van der Waals surface area contributed by atoms with Crippen molar-refractivity contribution in [1.29, 1.82) is 0 Å². The van der Waals surface area contributed by atoms with Crippen LogP contribution in [0.5, 0.6) is 0 Å². The number of ether oxygens (including phenoxy) is 1. The second-order valence-corrected chi connectivity index (χ2v) is 4.81. The topological polar surface area (TPSA) is 38.5 Å². The second kappa shape index (κ2) is 7.30. The van der Waals surface area contributed by atoms with Gasteiger partial charge < -0.3 is 10.5 Å². The lowest BCUT2D eigenvalue weighted by molar-refractivity contribution is -0.0127. The zero-order chi connectivity index (χ0) is 13.5. The van der Waals surface area contributed by atoms with Crippen LogP contribution in [-0.2, 0) is 11.3 Å². The maximum absolute atomic E-state index is 5.53. The molecule has 0 radical (unpaired) electrons. The van der Waals surface area contributed by atoms with Gasteiger partial charge in [-0.15, -0.1) is 0 Å². The molecule has 1 aliphatic rings. The van der Waals surface area contributed by atoms with Gasteiger partial charge in [-0.3, -0.25) is 4.90 Å². The Bertz CT molecular complexity index is 444. The molecule has 102 valence electrons. The Kier molecular flexibility index (Phi) is 5.41. The summed E-state index contributed by atoms with van der Waals surface area (Å²) in [4.78, 5) is 2.50. The average Bonchev–Trinajstić information content (AvgIpc) is 2.47. The molecule has 1 heterocycles. The zero-order valence-corrected chi connectivity index (χ0v) is 11.6. The molecule has 1 aliphatic heterocycles. The molecule has 0 bridgehead atoms. The molecule has 0 aliphatic carbocycles. The summed E-state index contributed by atoms with van der Waals surface area (Å²) in [5, 5.41) is 0. The summed E-state index contributed by atoms with van der Waals surface area (Å²) < 4.78 is 5.53. The van der Waals surface area contributed by atoms with Gasteiger partial charge in [-0.25, -0.2) is 0 Å². The Morgan fingerprint density at radius 3 is 2.84 bits per heavy atom. The molecular formula is C16H22N2O. The summed E-state index contributed by atoms with van der Waals surface area (Å²) in [5.74, 6) is 5.92. The number of hydrogen-bond donors (Lipinski definition) is 1. The smallest absolute Gasteiger partial charge is 0.0622 e. The van der Waals surface area contributed by atoms with Crippen molar-refractivity contribution in [3.63, 3.8) is 0 Å². The number of morpholine rings is 1. The molecule has 1 aromatic carbocycles. The monoisotopic (exact) mass is 258 g/mol. The fraction of sp³-hybridized carbons (Fsp3) is 0.500. The molecule has 0 amide bonds. The minimum absolute atomic E-state index is 0.410. The highest BCUT2D eigenvalue weighted by molar-refractivity contribution is 5.36. The number of benzene rings is 1. The average molecular weight is 258 g/mol. The summed E-state index contributed by atoms with van der Waals surface area (Å²) >= 11 is 0. The zero-order valence-electron chi connectivity index (χ0n) is 11.6. The lowest BCUT2D eigenvalue weighted by Crippen LogP contribution is -2.44. The van der Waals surface area contributed by atoms with Gasteiger partial charge >= 0.3 is 0 Å². The van der Waals surface area contributed by atoms with E-state index in [0.29, 0.717) is 12.6 Å². The van der Waals surface area contributed by atoms with Gasteiger partial charge in [0.25, 0.3) is 0 Å². The van der Waals surface area contributed by atoms with Gasteiger partial charge in [0.1, 0.15) is 0 Å². The summed E-state index contributed by atoms with van der Waals surface area (Å²) in [6.07, 6.45) is 1.14. The van der Waals surface area contributed by atoms with E-state index >= 15 is 0 Å². The summed E-state index contributed by atoms with van der Waals surface area (Å²) in [7, 11) is 0. The molecule has 2 rings (SSSR count). The fourth-order valence-corrected chi connectivity index (χ4v) is 2.35. The second-order valence-electron chi connectivity index (χ2n) is 4.81. The van der Waals surface area contributed by atoms with E-state index in [-0.39, 0.29) is 0 Å². The molecule has 19 heavy (non-hydrogen) atoms. The van der Waals surface area contributed by atoms with Crippen LogP contribution in [-0.4, -0.2) is 37.2 Å². The quantitative estimate of drug-likeness (QED) is 0.837. The Balaban J connectivity index is 1.98. The van der Waals surface area contributed by atoms with Crippen LogP contribution >= 0.6 is 0 Å². The molecule has 1 saturated heterocycles. The van der Waals surface area contributed by atoms with Crippen LogP contribution in [0, 0.1) is 11.8 Å². The van der Waals surface area contributed by atoms with Gasteiger partial charge in [-0.1, -0.05) is 30.9 Å². The van der Waals surface area contributed by atoms with E-state index in [4.69, 9.17) is 10.5 Å². The third-order valence-electron chi connectivity index (χ3n) is 3.50. The van der Waals surface area contributed by atoms with Crippen molar-refractivity contribution in [3.8, 4) is 11.8 Å². The van der Waals surface area contributed by atoms with Gasteiger partial charge in [-0.05, 0) is 24.1 Å². The minimum atomic E-state index is 0.410. The van der Waals surface area contributed by atoms with Crippen molar-refractivity contribution >= 4 is 0 Å². The predicted octanol–water partition coefficient (Wildman–Crippen LogP) is 1.61. The minimum Gasteiger partial charge on any atom is -0.378 e. The molecule has 0 spiro atoms. The summed E-state index contributed by atoms with van der Waals surface area (Å²) in [5.41, 5.74) is 7.73. The SMILES string of the molecule is CCC1COCCN1Cc1ccc(C#CCN)cc1. The fourth-order valence-electron chi connectivity index (χ4n) is 2.35. The molecule has 1 fully saturated rings. The van der Waals surface area contributed by atoms with Crippen LogP contribution in [0.3, 0.4) is 0 Å². The maximum atomic E-state index is 5.53. The van der Waals surface area contributed by atoms with Crippen LogP contribution in [0.15, 0.2) is 24.3 Å². The number of hydrogen-bond acceptors (Lipinski definition) is 3. The number of nitrogens with two attached hydrogens (primary N) is 1. The van der Waals surface area contributed by atoms with Gasteiger partial charge in [0.05, 0.1) is 19.8 Å². The van der Waals surface area contributed by atoms with Crippen molar-refractivity contribution in [2.75, 3.05) is 26.3 Å². The molecule has 0 aromatic heterocycles. The highest BCUT2D eigenvalue weighted by atomic mass is 16.5. The van der Waals surface area contributed by atoms with Crippen LogP contribution in [0.1, 0.15) is 24.5 Å². The van der Waals surface area contributed by atoms with E-state index < -0.39 is 0 Å². The van der Waals surface area contributed by atoms with E-state index in [9.17, 15) is 0 Å². The first-order chi connectivity index (χ1) is 9.33. The van der Waals surface area contributed by atoms with Gasteiger partial charge in [0.2, 0.25) is 0 Å². The van der Waals surface area contributed by atoms with Crippen LogP contribution in [0.25, 0.3) is 0 Å². The normalized spacial score (nSPS) is 19.8. The largest absolute Gasteiger partial charge is 0.378 e. The maximum Gasteiger partial charge on any atom is 0.0622 e. The van der Waals surface area contributed by atoms with Crippen molar-refractivity contribution in [1.82, 2.24) is 4.90 Å². The van der Waals surface area contributed by atoms with Crippen molar-refractivity contribution < 1.29 is 4.74 Å². The molecule has 2 N–H and O–H groups in total. The Morgan fingerprint density at radius 1 is 1.37 bits per heavy atom. The molecule has 3 nitrogen and oxygen atoms in total. The highest BCUT2D eigenvalue weighted by Crippen LogP contribution is 2.15. The predicted molar refractivity (Wildman–Crippen MR) is 77.7 cm³/mol. The lowest BCUT2D eigenvalue weighted by Gasteiger charge is -2.35. The molecule has 1 unspecified atom stereocenters. The standard InChI is InChI=1S/C16H22N2O/c1-2-16-13-19-11-10-18(16)12-15-7-5-14(6-8-15)4-3-9-17/h5-8,16H,2,9-13,17H2,1H3. The Morgan fingerprint density at radius 2 is 2.16 bits per heavy atom. The molecule has 3 heteroatoms. The highest BCUT2D eigenvalue weighted by Gasteiger charge is 2.20. The lowest BCUT2D eigenvalue weighted by atomic mass is 10.1. The molecule has 1 aromatic rings. The van der Waals surface area contributed by atoms with Gasteiger partial charge in [0.15, 0.2) is 0 Å². The Labute approximate surface area is 115 Å². The number of nitrogens with zero attached hydrogens (tertiary/aromatic N) is 1. The molecular weight excluding hydrogens is 236 g/mol. The van der Waals surface area contributed by atoms with E-state index in [2.05, 4.69) is 47.9 Å². The van der Waals surface area contributed by atoms with Crippen molar-refractivity contribution in [2.24, 2.45) is 5.73 Å². The van der Waals surface area contributed by atoms with E-state index in [0.717, 1.165) is 38.3 Å². The van der Waals surface area contributed by atoms with Gasteiger partial charge in [0, 0.05) is 24.7 Å². The summed E-state index contributed by atoms with van der Waals surface area (Å²) in [6, 6.07) is 9.00. The van der Waals surface area contributed by atoms with E-state index in [1.165, 1.54) is 5.56 Å². The van der Waals surface area contributed by atoms with Crippen molar-refractivity contribution in [2.45, 2.75) is 25.9 Å².